The number of methoxy groups -OCH3 is 1. The Morgan fingerprint density at radius 2 is 1.65 bits per heavy atom. The minimum absolute atomic E-state index is 0.136. The van der Waals surface area contributed by atoms with Crippen molar-refractivity contribution in [2.75, 3.05) is 13.7 Å². The van der Waals surface area contributed by atoms with Gasteiger partial charge in [-0.05, 0) is 55.0 Å². The molecule has 184 valence electrons. The SMILES string of the molecule is CCOc1ccc(-n2c(=O)/c(=C\c3ccc(C(=O)OC)cc3)s/c2=C(\C#N)C(=O)c2ccccc2)cc1. The molecule has 0 aliphatic heterocycles. The third-order valence-corrected chi connectivity index (χ3v) is 6.54. The number of thiazole rings is 1. The van der Waals surface area contributed by atoms with Gasteiger partial charge in [-0.25, -0.2) is 4.79 Å². The summed E-state index contributed by atoms with van der Waals surface area (Å²) in [5, 5.41) is 10.0. The normalized spacial score (nSPS) is 12.0. The maximum absolute atomic E-state index is 13.6. The first-order valence-corrected chi connectivity index (χ1v) is 12.2. The minimum Gasteiger partial charge on any atom is -0.494 e. The number of esters is 1. The van der Waals surface area contributed by atoms with Crippen molar-refractivity contribution >= 4 is 34.7 Å². The van der Waals surface area contributed by atoms with Gasteiger partial charge in [-0.15, -0.1) is 11.3 Å². The van der Waals surface area contributed by atoms with E-state index >= 15 is 0 Å². The lowest BCUT2D eigenvalue weighted by Crippen LogP contribution is -2.31. The van der Waals surface area contributed by atoms with Crippen LogP contribution in [-0.2, 0) is 4.74 Å². The molecular weight excluding hydrogens is 488 g/mol. The average Bonchev–Trinajstić information content (AvgIpc) is 3.25. The van der Waals surface area contributed by atoms with E-state index < -0.39 is 11.8 Å². The Bertz CT molecular complexity index is 1660. The summed E-state index contributed by atoms with van der Waals surface area (Å²) in [4.78, 5) is 38.6. The van der Waals surface area contributed by atoms with Gasteiger partial charge in [0.1, 0.15) is 22.1 Å². The van der Waals surface area contributed by atoms with Gasteiger partial charge < -0.3 is 9.47 Å². The van der Waals surface area contributed by atoms with Crippen LogP contribution in [0.5, 0.6) is 5.75 Å². The van der Waals surface area contributed by atoms with Crippen molar-refractivity contribution in [1.29, 1.82) is 5.26 Å². The van der Waals surface area contributed by atoms with Gasteiger partial charge in [0.05, 0.1) is 29.5 Å². The van der Waals surface area contributed by atoms with Crippen LogP contribution in [0.1, 0.15) is 33.2 Å². The molecule has 0 unspecified atom stereocenters. The number of carbonyl (C=O) groups is 2. The second-order valence-electron chi connectivity index (χ2n) is 7.78. The predicted octanol–water partition coefficient (Wildman–Crippen LogP) is 3.47. The molecule has 0 saturated carbocycles. The number of hydrogen-bond acceptors (Lipinski definition) is 7. The molecule has 0 spiro atoms. The van der Waals surface area contributed by atoms with E-state index in [4.69, 9.17) is 9.47 Å². The van der Waals surface area contributed by atoms with Crippen molar-refractivity contribution in [2.45, 2.75) is 6.92 Å². The summed E-state index contributed by atoms with van der Waals surface area (Å²) in [6.07, 6.45) is 1.66. The third-order valence-electron chi connectivity index (χ3n) is 5.45. The Morgan fingerprint density at radius 3 is 2.24 bits per heavy atom. The minimum atomic E-state index is -0.474. The fraction of sp³-hybridized carbons (Fsp3) is 0.103. The van der Waals surface area contributed by atoms with Crippen LogP contribution in [0.2, 0.25) is 0 Å². The second kappa shape index (κ2) is 11.3. The first-order chi connectivity index (χ1) is 18.0. The van der Waals surface area contributed by atoms with Gasteiger partial charge in [-0.3, -0.25) is 14.2 Å². The first kappa shape index (κ1) is 25.4. The second-order valence-corrected chi connectivity index (χ2v) is 8.81. The van der Waals surface area contributed by atoms with Gasteiger partial charge in [0.15, 0.2) is 0 Å². The number of nitrogens with zero attached hydrogens (tertiary/aromatic N) is 2. The van der Waals surface area contributed by atoms with Gasteiger partial charge >= 0.3 is 5.97 Å². The molecule has 0 radical (unpaired) electrons. The smallest absolute Gasteiger partial charge is 0.337 e. The van der Waals surface area contributed by atoms with Crippen molar-refractivity contribution in [3.05, 3.63) is 115 Å². The maximum Gasteiger partial charge on any atom is 0.337 e. The highest BCUT2D eigenvalue weighted by Gasteiger charge is 2.18. The largest absolute Gasteiger partial charge is 0.494 e. The topological polar surface area (TPSA) is 98.4 Å². The molecule has 0 N–H and O–H groups in total. The number of aromatic nitrogens is 1. The number of nitriles is 1. The van der Waals surface area contributed by atoms with Gasteiger partial charge in [-0.2, -0.15) is 5.26 Å². The van der Waals surface area contributed by atoms with Crippen LogP contribution >= 0.6 is 11.3 Å². The van der Waals surface area contributed by atoms with Crippen molar-refractivity contribution in [1.82, 2.24) is 4.57 Å². The number of Topliss-reactive ketones (excluding diaryl/α,β-unsaturated/α-hetero) is 1. The van der Waals surface area contributed by atoms with E-state index in [1.165, 1.54) is 11.7 Å². The Kier molecular flexibility index (Phi) is 7.77. The Balaban J connectivity index is 1.95. The molecule has 0 amide bonds. The molecule has 0 aliphatic rings. The summed E-state index contributed by atoms with van der Waals surface area (Å²) < 4.78 is 12.2. The van der Waals surface area contributed by atoms with Crippen LogP contribution in [0.15, 0.2) is 83.7 Å². The summed E-state index contributed by atoms with van der Waals surface area (Å²) in [7, 11) is 1.30. The molecule has 37 heavy (non-hydrogen) atoms. The summed E-state index contributed by atoms with van der Waals surface area (Å²) >= 11 is 1.05. The zero-order valence-corrected chi connectivity index (χ0v) is 21.0. The van der Waals surface area contributed by atoms with Crippen LogP contribution in [0.25, 0.3) is 17.3 Å². The monoisotopic (exact) mass is 510 g/mol. The summed E-state index contributed by atoms with van der Waals surface area (Å²) in [5.74, 6) is -0.299. The lowest BCUT2D eigenvalue weighted by Gasteiger charge is -2.06. The van der Waals surface area contributed by atoms with E-state index in [9.17, 15) is 19.6 Å². The van der Waals surface area contributed by atoms with E-state index in [2.05, 4.69) is 0 Å². The molecule has 7 nitrogen and oxygen atoms in total. The number of rotatable bonds is 7. The van der Waals surface area contributed by atoms with Gasteiger partial charge in [-0.1, -0.05) is 42.5 Å². The Morgan fingerprint density at radius 1 is 0.973 bits per heavy atom. The van der Waals surface area contributed by atoms with Crippen LogP contribution in [0.4, 0.5) is 0 Å². The number of ketones is 1. The number of ether oxygens (including phenoxy) is 2. The predicted molar refractivity (Wildman–Crippen MR) is 141 cm³/mol. The summed E-state index contributed by atoms with van der Waals surface area (Å²) in [5.41, 5.74) is 1.38. The number of benzene rings is 3. The number of carbonyl (C=O) groups excluding carboxylic acids is 2. The van der Waals surface area contributed by atoms with Crippen LogP contribution in [0, 0.1) is 11.3 Å². The number of hydrogen-bond donors (Lipinski definition) is 0. The van der Waals surface area contributed by atoms with Crippen molar-refractivity contribution in [2.24, 2.45) is 0 Å². The molecule has 1 heterocycles. The molecular formula is C29H22N2O5S. The average molecular weight is 511 g/mol. The summed E-state index contributed by atoms with van der Waals surface area (Å²) in [6, 6.07) is 23.9. The van der Waals surface area contributed by atoms with Gasteiger partial charge in [0, 0.05) is 5.56 Å². The van der Waals surface area contributed by atoms with E-state index in [1.54, 1.807) is 84.9 Å². The van der Waals surface area contributed by atoms with Crippen molar-refractivity contribution < 1.29 is 19.1 Å². The highest BCUT2D eigenvalue weighted by Crippen LogP contribution is 2.15. The molecule has 3 aromatic carbocycles. The Labute approximate surface area is 216 Å². The van der Waals surface area contributed by atoms with Crippen LogP contribution in [-0.4, -0.2) is 30.0 Å². The van der Waals surface area contributed by atoms with E-state index in [0.29, 0.717) is 39.3 Å². The quantitative estimate of drug-likeness (QED) is 0.279. The zero-order chi connectivity index (χ0) is 26.4. The maximum atomic E-state index is 13.6. The molecule has 0 saturated heterocycles. The molecule has 0 bridgehead atoms. The standard InChI is InChI=1S/C29H22N2O5S/c1-3-36-23-15-13-22(14-16-23)31-27(33)25(17-19-9-11-21(12-10-19)29(34)35-2)37-28(31)24(18-30)26(32)20-7-5-4-6-8-20/h4-17H,3H2,1-2H3/b25-17+,28-24+. The molecule has 8 heteroatoms. The lowest BCUT2D eigenvalue weighted by molar-refractivity contribution is 0.0600. The van der Waals surface area contributed by atoms with Gasteiger partial charge in [0.2, 0.25) is 5.78 Å². The molecule has 0 fully saturated rings. The highest BCUT2D eigenvalue weighted by atomic mass is 32.1. The van der Waals surface area contributed by atoms with Crippen LogP contribution < -0.4 is 19.5 Å². The summed E-state index contributed by atoms with van der Waals surface area (Å²) in [6.45, 7) is 2.37. The highest BCUT2D eigenvalue weighted by molar-refractivity contribution is 7.07. The van der Waals surface area contributed by atoms with Gasteiger partial charge in [0.25, 0.3) is 5.56 Å². The molecule has 4 rings (SSSR count). The molecule has 4 aromatic rings. The van der Waals surface area contributed by atoms with Crippen molar-refractivity contribution in [3.63, 3.8) is 0 Å². The fourth-order valence-corrected chi connectivity index (χ4v) is 4.76. The van der Waals surface area contributed by atoms with E-state index in [1.807, 2.05) is 13.0 Å². The first-order valence-electron chi connectivity index (χ1n) is 11.4. The zero-order valence-electron chi connectivity index (χ0n) is 20.1. The fourth-order valence-electron chi connectivity index (χ4n) is 3.66. The third kappa shape index (κ3) is 5.42. The Hall–Kier alpha value is -4.74. The lowest BCUT2D eigenvalue weighted by atomic mass is 10.1. The molecule has 1 aromatic heterocycles. The van der Waals surface area contributed by atoms with Crippen molar-refractivity contribution in [3.8, 4) is 17.5 Å². The molecule has 0 aliphatic carbocycles. The van der Waals surface area contributed by atoms with E-state index in [0.717, 1.165) is 11.3 Å². The van der Waals surface area contributed by atoms with Crippen LogP contribution in [0.3, 0.4) is 0 Å². The molecule has 0 atom stereocenters. The van der Waals surface area contributed by atoms with E-state index in [-0.39, 0.29) is 15.8 Å².